The van der Waals surface area contributed by atoms with Crippen molar-refractivity contribution in [3.05, 3.63) is 34.7 Å². The van der Waals surface area contributed by atoms with Crippen LogP contribution in [0, 0.1) is 5.92 Å². The smallest absolute Gasteiger partial charge is 0.263 e. The Morgan fingerprint density at radius 1 is 1.23 bits per heavy atom. The first-order chi connectivity index (χ1) is 10.2. The summed E-state index contributed by atoms with van der Waals surface area (Å²) in [5.41, 5.74) is -4.64. The summed E-state index contributed by atoms with van der Waals surface area (Å²) < 4.78 is 77.3. The lowest BCUT2D eigenvalue weighted by Crippen LogP contribution is -2.29. The fourth-order valence-electron chi connectivity index (χ4n) is 2.77. The third-order valence-electron chi connectivity index (χ3n) is 3.88. The van der Waals surface area contributed by atoms with Gasteiger partial charge in [-0.1, -0.05) is 24.6 Å². The number of rotatable bonds is 3. The van der Waals surface area contributed by atoms with Gasteiger partial charge in [-0.3, -0.25) is 4.55 Å². The third kappa shape index (κ3) is 2.36. The Balaban J connectivity index is 2.25. The van der Waals surface area contributed by atoms with Gasteiger partial charge in [-0.15, -0.1) is 0 Å². The number of benzene rings is 1. The molecule has 9 heteroatoms. The number of halogens is 3. The van der Waals surface area contributed by atoms with Crippen molar-refractivity contribution in [3.63, 3.8) is 0 Å². The first-order valence-electron chi connectivity index (χ1n) is 6.54. The van der Waals surface area contributed by atoms with Crippen LogP contribution in [-0.4, -0.2) is 18.5 Å². The minimum absolute atomic E-state index is 0.0647. The molecular weight excluding hydrogens is 341 g/mol. The van der Waals surface area contributed by atoms with E-state index in [0.717, 1.165) is 6.42 Å². The Hall–Kier alpha value is -1.03. The number of hydrogen-bond acceptors (Lipinski definition) is 3. The second-order valence-corrected chi connectivity index (χ2v) is 9.10. The second-order valence-electron chi connectivity index (χ2n) is 5.21. The van der Waals surface area contributed by atoms with Crippen LogP contribution in [0.5, 0.6) is 0 Å². The minimum Gasteiger partial charge on any atom is -0.263 e. The van der Waals surface area contributed by atoms with E-state index < -0.39 is 26.2 Å². The number of hydrogen-bond donors (Lipinski definition) is 1. The van der Waals surface area contributed by atoms with Crippen molar-refractivity contribution in [1.82, 2.24) is 0 Å². The van der Waals surface area contributed by atoms with Crippen molar-refractivity contribution in [3.8, 4) is 0 Å². The maximum Gasteiger partial charge on any atom is 0.456 e. The number of alkyl halides is 3. The summed E-state index contributed by atoms with van der Waals surface area (Å²) in [6.07, 6.45) is 3.27. The lowest BCUT2D eigenvalue weighted by atomic mass is 9.85. The van der Waals surface area contributed by atoms with Crippen molar-refractivity contribution in [2.45, 2.75) is 29.7 Å². The molecule has 3 rings (SSSR count). The summed E-state index contributed by atoms with van der Waals surface area (Å²) in [6, 6.07) is 5.68. The largest absolute Gasteiger partial charge is 0.456 e. The van der Waals surface area contributed by atoms with Crippen LogP contribution >= 0.6 is 10.3 Å². The second kappa shape index (κ2) is 4.98. The topological polar surface area (TPSA) is 63.6 Å². The quantitative estimate of drug-likeness (QED) is 0.824. The Morgan fingerprint density at radius 3 is 2.36 bits per heavy atom. The standard InChI is InChI=1S/C13H13F3O4S2/c14-13(15,16)21(20-22(17,18)19)11-7-2-1-4-10(11)8-12(21)9-5-3-6-9/h1-2,4,7-9H,3,5-6H2,(H,17,18,19). The molecule has 4 nitrogen and oxygen atoms in total. The molecule has 122 valence electrons. The lowest BCUT2D eigenvalue weighted by molar-refractivity contribution is -0.0435. The van der Waals surface area contributed by atoms with Crippen LogP contribution in [0.4, 0.5) is 13.2 Å². The fraction of sp³-hybridized carbons (Fsp3) is 0.385. The molecular formula is C13H13F3O4S2. The molecule has 1 fully saturated rings. The van der Waals surface area contributed by atoms with Gasteiger partial charge in [0.2, 0.25) is 0 Å². The maximum absolute atomic E-state index is 13.9. The van der Waals surface area contributed by atoms with Gasteiger partial charge in [-0.2, -0.15) is 25.2 Å². The van der Waals surface area contributed by atoms with Crippen molar-refractivity contribution < 1.29 is 29.8 Å². The molecule has 1 aromatic carbocycles. The van der Waals surface area contributed by atoms with E-state index >= 15 is 0 Å². The maximum atomic E-state index is 13.9. The van der Waals surface area contributed by atoms with Crippen LogP contribution in [0.1, 0.15) is 24.8 Å². The Labute approximate surface area is 127 Å². The highest BCUT2D eigenvalue weighted by atomic mass is 32.3. The van der Waals surface area contributed by atoms with Crippen LogP contribution in [0.3, 0.4) is 0 Å². The summed E-state index contributed by atoms with van der Waals surface area (Å²) in [5, 5.41) is 0. The van der Waals surface area contributed by atoms with Gasteiger partial charge in [-0.25, -0.2) is 0 Å². The van der Waals surface area contributed by atoms with Crippen molar-refractivity contribution in [1.29, 1.82) is 0 Å². The zero-order valence-corrected chi connectivity index (χ0v) is 12.8. The van der Waals surface area contributed by atoms with E-state index in [9.17, 15) is 21.6 Å². The normalized spacial score (nSPS) is 28.5. The molecule has 1 aliphatic heterocycles. The first-order valence-corrected chi connectivity index (χ1v) is 9.46. The Bertz CT molecular complexity index is 738. The van der Waals surface area contributed by atoms with E-state index in [1.165, 1.54) is 24.3 Å². The highest BCUT2D eigenvalue weighted by Crippen LogP contribution is 2.79. The summed E-state index contributed by atoms with van der Waals surface area (Å²) in [4.78, 5) is -0.285. The molecule has 1 aliphatic carbocycles. The minimum atomic E-state index is -5.27. The van der Waals surface area contributed by atoms with Crippen LogP contribution in [0.25, 0.3) is 6.08 Å². The molecule has 1 unspecified atom stereocenters. The number of allylic oxidation sites excluding steroid dienone is 1. The van der Waals surface area contributed by atoms with Gasteiger partial charge in [0.15, 0.2) is 0 Å². The van der Waals surface area contributed by atoms with E-state index in [0.29, 0.717) is 18.4 Å². The monoisotopic (exact) mass is 354 g/mol. The fourth-order valence-corrected chi connectivity index (χ4v) is 7.22. The highest BCUT2D eigenvalue weighted by molar-refractivity contribution is 8.36. The Kier molecular flexibility index (Phi) is 3.59. The molecule has 22 heavy (non-hydrogen) atoms. The molecule has 0 amide bonds. The zero-order valence-electron chi connectivity index (χ0n) is 11.2. The molecule has 1 aromatic rings. The van der Waals surface area contributed by atoms with Gasteiger partial charge in [0.25, 0.3) is 0 Å². The van der Waals surface area contributed by atoms with Crippen molar-refractivity contribution >= 4 is 26.8 Å². The van der Waals surface area contributed by atoms with Crippen LogP contribution in [0.2, 0.25) is 0 Å². The molecule has 0 bridgehead atoms. The molecule has 0 aromatic heterocycles. The van der Waals surface area contributed by atoms with Crippen molar-refractivity contribution in [2.75, 3.05) is 0 Å². The highest BCUT2D eigenvalue weighted by Gasteiger charge is 2.62. The molecule has 1 atom stereocenters. The molecule has 1 saturated carbocycles. The average Bonchev–Trinajstić information content (AvgIpc) is 2.61. The van der Waals surface area contributed by atoms with Gasteiger partial charge >= 0.3 is 15.9 Å². The molecule has 2 aliphatic rings. The lowest BCUT2D eigenvalue weighted by Gasteiger charge is -2.43. The van der Waals surface area contributed by atoms with Crippen LogP contribution in [0.15, 0.2) is 34.1 Å². The molecule has 0 spiro atoms. The SMILES string of the molecule is O=S(=O)(O)OS1(C(F)(F)F)C(C2CCC2)=Cc2ccccc21. The summed E-state index contributed by atoms with van der Waals surface area (Å²) in [7, 11) is -9.54. The third-order valence-corrected chi connectivity index (χ3v) is 8.14. The molecule has 1 heterocycles. The first kappa shape index (κ1) is 15.9. The van der Waals surface area contributed by atoms with Gasteiger partial charge in [-0.05, 0) is 36.5 Å². The van der Waals surface area contributed by atoms with E-state index in [1.807, 2.05) is 0 Å². The molecule has 0 saturated heterocycles. The number of fused-ring (bicyclic) bond motifs is 1. The van der Waals surface area contributed by atoms with Gasteiger partial charge in [0, 0.05) is 20.1 Å². The molecule has 0 radical (unpaired) electrons. The van der Waals surface area contributed by atoms with E-state index in [1.54, 1.807) is 6.07 Å². The average molecular weight is 354 g/mol. The molecule has 1 N–H and O–H groups in total. The van der Waals surface area contributed by atoms with Gasteiger partial charge < -0.3 is 0 Å². The zero-order chi connectivity index (χ0) is 16.2. The van der Waals surface area contributed by atoms with E-state index in [4.69, 9.17) is 4.55 Å². The Morgan fingerprint density at radius 2 is 1.86 bits per heavy atom. The predicted octanol–water partition coefficient (Wildman–Crippen LogP) is 4.26. The predicted molar refractivity (Wildman–Crippen MR) is 76.3 cm³/mol. The summed E-state index contributed by atoms with van der Waals surface area (Å²) in [6.45, 7) is 0. The van der Waals surface area contributed by atoms with Gasteiger partial charge in [0.1, 0.15) is 0 Å². The summed E-state index contributed by atoms with van der Waals surface area (Å²) >= 11 is 0. The van der Waals surface area contributed by atoms with Crippen LogP contribution in [-0.2, 0) is 14.0 Å². The van der Waals surface area contributed by atoms with E-state index in [2.05, 4.69) is 3.63 Å². The van der Waals surface area contributed by atoms with Crippen LogP contribution < -0.4 is 0 Å². The summed E-state index contributed by atoms with van der Waals surface area (Å²) in [5.74, 6) is -0.370. The van der Waals surface area contributed by atoms with E-state index in [-0.39, 0.29) is 15.7 Å². The van der Waals surface area contributed by atoms with Crippen molar-refractivity contribution in [2.24, 2.45) is 5.92 Å². The van der Waals surface area contributed by atoms with Gasteiger partial charge in [0.05, 0.1) is 0 Å².